The fourth-order valence-electron chi connectivity index (χ4n) is 1.92. The summed E-state index contributed by atoms with van der Waals surface area (Å²) in [7, 11) is 1.67. The van der Waals surface area contributed by atoms with Crippen molar-refractivity contribution in [1.29, 1.82) is 0 Å². The lowest BCUT2D eigenvalue weighted by Crippen LogP contribution is -2.41. The quantitative estimate of drug-likeness (QED) is 0.248. The lowest BCUT2D eigenvalue weighted by Gasteiger charge is -2.13. The highest BCUT2D eigenvalue weighted by atomic mass is 127. The number of furan rings is 1. The first-order valence-electron chi connectivity index (χ1n) is 7.30. The van der Waals surface area contributed by atoms with Crippen LogP contribution in [0.25, 0.3) is 0 Å². The minimum Gasteiger partial charge on any atom is -0.459 e. The molecule has 3 N–H and O–H groups in total. The zero-order valence-corrected chi connectivity index (χ0v) is 17.4. The van der Waals surface area contributed by atoms with Crippen LogP contribution >= 0.6 is 47.2 Å². The molecule has 0 atom stereocenters. The Morgan fingerprint density at radius 1 is 1.16 bits per heavy atom. The number of carbonyl (C=O) groups excluding carboxylic acids is 1. The second kappa shape index (κ2) is 11.2. The van der Waals surface area contributed by atoms with Gasteiger partial charge in [-0.1, -0.05) is 29.3 Å². The summed E-state index contributed by atoms with van der Waals surface area (Å²) in [5, 5.41) is 10.2. The highest BCUT2D eigenvalue weighted by Gasteiger charge is 2.07. The zero-order valence-electron chi connectivity index (χ0n) is 13.5. The molecule has 0 saturated heterocycles. The second-order valence-electron chi connectivity index (χ2n) is 4.82. The molecule has 136 valence electrons. The molecule has 0 saturated carbocycles. The van der Waals surface area contributed by atoms with Gasteiger partial charge in [-0.3, -0.25) is 9.79 Å². The van der Waals surface area contributed by atoms with Gasteiger partial charge in [-0.25, -0.2) is 0 Å². The van der Waals surface area contributed by atoms with Crippen molar-refractivity contribution >= 4 is 59.0 Å². The van der Waals surface area contributed by atoms with Crippen LogP contribution in [0, 0.1) is 0 Å². The molecule has 1 heterocycles. The van der Waals surface area contributed by atoms with Crippen molar-refractivity contribution in [2.24, 2.45) is 4.99 Å². The molecule has 0 aliphatic rings. The van der Waals surface area contributed by atoms with Crippen molar-refractivity contribution in [2.45, 2.75) is 6.54 Å². The molecule has 0 aliphatic carbocycles. The van der Waals surface area contributed by atoms with E-state index in [2.05, 4.69) is 20.9 Å². The van der Waals surface area contributed by atoms with E-state index in [9.17, 15) is 4.79 Å². The predicted octanol–water partition coefficient (Wildman–Crippen LogP) is 3.30. The van der Waals surface area contributed by atoms with Gasteiger partial charge >= 0.3 is 0 Å². The number of hydrogen-bond acceptors (Lipinski definition) is 3. The summed E-state index contributed by atoms with van der Waals surface area (Å²) in [6.07, 6.45) is 1.46. The van der Waals surface area contributed by atoms with Crippen molar-refractivity contribution < 1.29 is 9.21 Å². The summed E-state index contributed by atoms with van der Waals surface area (Å²) >= 11 is 12.0. The van der Waals surface area contributed by atoms with Gasteiger partial charge in [0.1, 0.15) is 0 Å². The standard InChI is InChI=1S/C16H18Cl2N4O2.HI/c1-19-16(22-10-11-4-5-12(17)9-13(11)18)21-7-6-20-15(23)14-3-2-8-24-14;/h2-5,8-9H,6-7,10H2,1H3,(H,20,23)(H2,19,21,22);1H. The van der Waals surface area contributed by atoms with Crippen molar-refractivity contribution in [3.05, 3.63) is 58.0 Å². The largest absolute Gasteiger partial charge is 0.459 e. The number of nitrogens with one attached hydrogen (secondary N) is 3. The molecule has 0 bridgehead atoms. The van der Waals surface area contributed by atoms with Crippen LogP contribution in [0.4, 0.5) is 0 Å². The van der Waals surface area contributed by atoms with Crippen molar-refractivity contribution in [2.75, 3.05) is 20.1 Å². The molecule has 6 nitrogen and oxygen atoms in total. The molecule has 0 radical (unpaired) electrons. The third-order valence-corrected chi connectivity index (χ3v) is 3.72. The minimum absolute atomic E-state index is 0. The number of halogens is 3. The molecule has 2 aromatic rings. The molecule has 0 fully saturated rings. The van der Waals surface area contributed by atoms with Crippen LogP contribution in [0.15, 0.2) is 46.0 Å². The number of amides is 1. The van der Waals surface area contributed by atoms with E-state index in [1.807, 2.05) is 6.07 Å². The third kappa shape index (κ3) is 7.13. The van der Waals surface area contributed by atoms with Crippen molar-refractivity contribution in [3.8, 4) is 0 Å². The number of carbonyl (C=O) groups is 1. The van der Waals surface area contributed by atoms with E-state index in [1.54, 1.807) is 31.3 Å². The maximum atomic E-state index is 11.7. The number of aliphatic imine (C=N–C) groups is 1. The number of benzene rings is 1. The maximum Gasteiger partial charge on any atom is 0.287 e. The van der Waals surface area contributed by atoms with Crippen LogP contribution in [-0.4, -0.2) is 32.0 Å². The molecular weight excluding hydrogens is 478 g/mol. The first-order valence-corrected chi connectivity index (χ1v) is 8.06. The summed E-state index contributed by atoms with van der Waals surface area (Å²) in [5.41, 5.74) is 0.912. The van der Waals surface area contributed by atoms with Crippen LogP contribution in [0.2, 0.25) is 10.0 Å². The van der Waals surface area contributed by atoms with Gasteiger partial charge in [0.15, 0.2) is 11.7 Å². The number of nitrogens with zero attached hydrogens (tertiary/aromatic N) is 1. The highest BCUT2D eigenvalue weighted by molar-refractivity contribution is 14.0. The summed E-state index contributed by atoms with van der Waals surface area (Å²) in [5.74, 6) is 0.640. The molecule has 25 heavy (non-hydrogen) atoms. The van der Waals surface area contributed by atoms with E-state index >= 15 is 0 Å². The van der Waals surface area contributed by atoms with Crippen LogP contribution < -0.4 is 16.0 Å². The molecule has 9 heteroatoms. The summed E-state index contributed by atoms with van der Waals surface area (Å²) in [6, 6.07) is 8.61. The Bertz CT molecular complexity index is 708. The number of rotatable bonds is 6. The smallest absolute Gasteiger partial charge is 0.287 e. The van der Waals surface area contributed by atoms with Gasteiger partial charge in [-0.05, 0) is 29.8 Å². The summed E-state index contributed by atoms with van der Waals surface area (Å²) in [6.45, 7) is 1.46. The van der Waals surface area contributed by atoms with E-state index in [0.717, 1.165) is 5.56 Å². The predicted molar refractivity (Wildman–Crippen MR) is 111 cm³/mol. The normalized spacial score (nSPS) is 10.8. The Morgan fingerprint density at radius 3 is 2.56 bits per heavy atom. The van der Waals surface area contributed by atoms with Crippen molar-refractivity contribution in [1.82, 2.24) is 16.0 Å². The molecular formula is C16H19Cl2IN4O2. The summed E-state index contributed by atoms with van der Waals surface area (Å²) in [4.78, 5) is 15.8. The van der Waals surface area contributed by atoms with Gasteiger partial charge in [-0.15, -0.1) is 24.0 Å². The molecule has 0 unspecified atom stereocenters. The van der Waals surface area contributed by atoms with E-state index in [0.29, 0.717) is 35.6 Å². The lowest BCUT2D eigenvalue weighted by molar-refractivity contribution is 0.0926. The first-order chi connectivity index (χ1) is 11.6. The Hall–Kier alpha value is -1.45. The van der Waals surface area contributed by atoms with Crippen LogP contribution in [0.5, 0.6) is 0 Å². The average Bonchev–Trinajstić information content (AvgIpc) is 3.10. The maximum absolute atomic E-state index is 11.7. The third-order valence-electron chi connectivity index (χ3n) is 3.13. The molecule has 2 rings (SSSR count). The zero-order chi connectivity index (χ0) is 17.4. The Morgan fingerprint density at radius 2 is 1.92 bits per heavy atom. The van der Waals surface area contributed by atoms with Crippen molar-refractivity contribution in [3.63, 3.8) is 0 Å². The molecule has 1 aromatic carbocycles. The van der Waals surface area contributed by atoms with Gasteiger partial charge in [0.2, 0.25) is 0 Å². The monoisotopic (exact) mass is 496 g/mol. The van der Waals surface area contributed by atoms with E-state index in [-0.39, 0.29) is 35.6 Å². The molecule has 0 spiro atoms. The van der Waals surface area contributed by atoms with E-state index in [4.69, 9.17) is 27.6 Å². The highest BCUT2D eigenvalue weighted by Crippen LogP contribution is 2.20. The topological polar surface area (TPSA) is 78.7 Å². The van der Waals surface area contributed by atoms with Crippen LogP contribution in [0.1, 0.15) is 16.1 Å². The molecule has 1 aromatic heterocycles. The minimum atomic E-state index is -0.252. The second-order valence-corrected chi connectivity index (χ2v) is 5.67. The van der Waals surface area contributed by atoms with Gasteiger partial charge in [0, 0.05) is 36.7 Å². The Kier molecular flexibility index (Phi) is 9.69. The Balaban J connectivity index is 0.00000312. The summed E-state index contributed by atoms with van der Waals surface area (Å²) < 4.78 is 5.01. The first kappa shape index (κ1) is 21.6. The van der Waals surface area contributed by atoms with E-state index < -0.39 is 0 Å². The fourth-order valence-corrected chi connectivity index (χ4v) is 2.39. The lowest BCUT2D eigenvalue weighted by atomic mass is 10.2. The van der Waals surface area contributed by atoms with Gasteiger partial charge in [-0.2, -0.15) is 0 Å². The Labute approximate surface area is 173 Å². The average molecular weight is 497 g/mol. The van der Waals surface area contributed by atoms with Gasteiger partial charge in [0.05, 0.1) is 6.26 Å². The molecule has 1 amide bonds. The van der Waals surface area contributed by atoms with E-state index in [1.165, 1.54) is 6.26 Å². The number of hydrogen-bond donors (Lipinski definition) is 3. The molecule has 0 aliphatic heterocycles. The van der Waals surface area contributed by atoms with Crippen LogP contribution in [0.3, 0.4) is 0 Å². The van der Waals surface area contributed by atoms with Gasteiger partial charge < -0.3 is 20.4 Å². The fraction of sp³-hybridized carbons (Fsp3) is 0.250. The van der Waals surface area contributed by atoms with Crippen LogP contribution in [-0.2, 0) is 6.54 Å². The van der Waals surface area contributed by atoms with Gasteiger partial charge in [0.25, 0.3) is 5.91 Å². The number of guanidine groups is 1. The SMILES string of the molecule is CN=C(NCCNC(=O)c1ccco1)NCc1ccc(Cl)cc1Cl.I.